The molecule has 1 unspecified atom stereocenters. The molecule has 0 saturated heterocycles. The van der Waals surface area contributed by atoms with Crippen molar-refractivity contribution in [3.63, 3.8) is 0 Å². The lowest BCUT2D eigenvalue weighted by Gasteiger charge is -2.27. The zero-order valence-electron chi connectivity index (χ0n) is 13.7. The molecule has 1 atom stereocenters. The van der Waals surface area contributed by atoms with Gasteiger partial charge in [0.1, 0.15) is 0 Å². The largest absolute Gasteiger partial charge is 0.313 e. The summed E-state index contributed by atoms with van der Waals surface area (Å²) in [5.41, 5.74) is 0.975. The van der Waals surface area contributed by atoms with Crippen molar-refractivity contribution < 1.29 is 8.42 Å². The fourth-order valence-electron chi connectivity index (χ4n) is 1.67. The summed E-state index contributed by atoms with van der Waals surface area (Å²) in [6, 6.07) is 6.92. The van der Waals surface area contributed by atoms with Crippen molar-refractivity contribution in [1.82, 2.24) is 10.0 Å². The fraction of sp³-hybridized carbons (Fsp3) is 0.625. The SMILES string of the molecule is CCCNCc1ccc(S(=O)(=O)NC(C)C(C)(C)C)cc1. The molecule has 0 aliphatic carbocycles. The quantitative estimate of drug-likeness (QED) is 0.761. The molecule has 0 heterocycles. The van der Waals surface area contributed by atoms with E-state index in [0.717, 1.165) is 25.1 Å². The fourth-order valence-corrected chi connectivity index (χ4v) is 3.12. The van der Waals surface area contributed by atoms with Gasteiger partial charge in [-0.1, -0.05) is 39.8 Å². The molecule has 1 aromatic carbocycles. The Morgan fingerprint density at radius 3 is 2.19 bits per heavy atom. The first-order valence-electron chi connectivity index (χ1n) is 7.49. The second-order valence-electron chi connectivity index (χ2n) is 6.53. The van der Waals surface area contributed by atoms with Gasteiger partial charge in [0, 0.05) is 12.6 Å². The number of benzene rings is 1. The van der Waals surface area contributed by atoms with E-state index in [0.29, 0.717) is 4.90 Å². The van der Waals surface area contributed by atoms with Crippen molar-refractivity contribution in [2.45, 2.75) is 58.5 Å². The summed E-state index contributed by atoms with van der Waals surface area (Å²) in [5.74, 6) is 0. The van der Waals surface area contributed by atoms with Crippen molar-refractivity contribution >= 4 is 10.0 Å². The molecular formula is C16H28N2O2S. The van der Waals surface area contributed by atoms with E-state index in [-0.39, 0.29) is 11.5 Å². The molecular weight excluding hydrogens is 284 g/mol. The predicted octanol–water partition coefficient (Wildman–Crippen LogP) is 2.90. The lowest BCUT2D eigenvalue weighted by molar-refractivity contribution is 0.317. The lowest BCUT2D eigenvalue weighted by Crippen LogP contribution is -2.41. The molecule has 0 aliphatic heterocycles. The average Bonchev–Trinajstić information content (AvgIpc) is 2.38. The molecule has 1 rings (SSSR count). The van der Waals surface area contributed by atoms with E-state index >= 15 is 0 Å². The Labute approximate surface area is 129 Å². The third-order valence-electron chi connectivity index (χ3n) is 3.62. The second-order valence-corrected chi connectivity index (χ2v) is 8.24. The highest BCUT2D eigenvalue weighted by atomic mass is 32.2. The summed E-state index contributed by atoms with van der Waals surface area (Å²) >= 11 is 0. The predicted molar refractivity (Wildman–Crippen MR) is 87.7 cm³/mol. The molecule has 0 aliphatic rings. The molecule has 1 aromatic rings. The van der Waals surface area contributed by atoms with Gasteiger partial charge in [0.15, 0.2) is 0 Å². The lowest BCUT2D eigenvalue weighted by atomic mass is 9.89. The third-order valence-corrected chi connectivity index (χ3v) is 5.18. The van der Waals surface area contributed by atoms with Crippen LogP contribution in [0.1, 0.15) is 46.6 Å². The Morgan fingerprint density at radius 2 is 1.71 bits per heavy atom. The topological polar surface area (TPSA) is 58.2 Å². The van der Waals surface area contributed by atoms with E-state index in [9.17, 15) is 8.42 Å². The van der Waals surface area contributed by atoms with Crippen LogP contribution in [0.5, 0.6) is 0 Å². The molecule has 2 N–H and O–H groups in total. The van der Waals surface area contributed by atoms with E-state index in [1.165, 1.54) is 0 Å². The summed E-state index contributed by atoms with van der Waals surface area (Å²) < 4.78 is 27.4. The molecule has 0 bridgehead atoms. The molecule has 0 amide bonds. The summed E-state index contributed by atoms with van der Waals surface area (Å²) in [5, 5.41) is 3.30. The van der Waals surface area contributed by atoms with Gasteiger partial charge in [-0.25, -0.2) is 13.1 Å². The average molecular weight is 312 g/mol. The van der Waals surface area contributed by atoms with Crippen LogP contribution in [-0.2, 0) is 16.6 Å². The number of sulfonamides is 1. The van der Waals surface area contributed by atoms with Crippen LogP contribution in [0.25, 0.3) is 0 Å². The van der Waals surface area contributed by atoms with Crippen LogP contribution in [0, 0.1) is 5.41 Å². The van der Waals surface area contributed by atoms with Crippen LogP contribution in [0.2, 0.25) is 0 Å². The summed E-state index contributed by atoms with van der Waals surface area (Å²) in [4.78, 5) is 0.317. The van der Waals surface area contributed by atoms with Crippen LogP contribution in [-0.4, -0.2) is 21.0 Å². The van der Waals surface area contributed by atoms with Crippen molar-refractivity contribution in [3.05, 3.63) is 29.8 Å². The monoisotopic (exact) mass is 312 g/mol. The Hall–Kier alpha value is -0.910. The molecule has 0 spiro atoms. The maximum absolute atomic E-state index is 12.3. The molecule has 0 fully saturated rings. The van der Waals surface area contributed by atoms with Gasteiger partial charge >= 0.3 is 0 Å². The maximum atomic E-state index is 12.3. The first-order chi connectivity index (χ1) is 9.66. The van der Waals surface area contributed by atoms with E-state index in [4.69, 9.17) is 0 Å². The zero-order chi connectivity index (χ0) is 16.1. The highest BCUT2D eigenvalue weighted by Crippen LogP contribution is 2.21. The van der Waals surface area contributed by atoms with Crippen molar-refractivity contribution in [1.29, 1.82) is 0 Å². The third kappa shape index (κ3) is 5.77. The van der Waals surface area contributed by atoms with E-state index in [2.05, 4.69) is 17.0 Å². The van der Waals surface area contributed by atoms with E-state index in [1.807, 2.05) is 39.8 Å². The number of hydrogen-bond acceptors (Lipinski definition) is 3. The zero-order valence-corrected chi connectivity index (χ0v) is 14.5. The highest BCUT2D eigenvalue weighted by Gasteiger charge is 2.25. The summed E-state index contributed by atoms with van der Waals surface area (Å²) in [7, 11) is -3.45. The normalized spacial score (nSPS) is 14.1. The molecule has 21 heavy (non-hydrogen) atoms. The van der Waals surface area contributed by atoms with Gasteiger partial charge in [0.05, 0.1) is 4.90 Å². The molecule has 120 valence electrons. The smallest absolute Gasteiger partial charge is 0.240 e. The second kappa shape index (κ2) is 7.38. The number of rotatable bonds is 7. The summed E-state index contributed by atoms with van der Waals surface area (Å²) in [6.45, 7) is 11.8. The molecule has 5 heteroatoms. The van der Waals surface area contributed by atoms with Crippen LogP contribution in [0.15, 0.2) is 29.2 Å². The minimum atomic E-state index is -3.45. The van der Waals surface area contributed by atoms with Gasteiger partial charge in [-0.2, -0.15) is 0 Å². The first kappa shape index (κ1) is 18.1. The Kier molecular flexibility index (Phi) is 6.38. The van der Waals surface area contributed by atoms with E-state index in [1.54, 1.807) is 12.1 Å². The molecule has 4 nitrogen and oxygen atoms in total. The minimum absolute atomic E-state index is 0.114. The number of hydrogen-bond donors (Lipinski definition) is 2. The van der Waals surface area contributed by atoms with Crippen molar-refractivity contribution in [2.24, 2.45) is 5.41 Å². The van der Waals surface area contributed by atoms with Gasteiger partial charge < -0.3 is 5.32 Å². The van der Waals surface area contributed by atoms with Crippen LogP contribution < -0.4 is 10.0 Å². The van der Waals surface area contributed by atoms with Gasteiger partial charge in [-0.05, 0) is 43.0 Å². The van der Waals surface area contributed by atoms with Crippen molar-refractivity contribution in [3.8, 4) is 0 Å². The van der Waals surface area contributed by atoms with Gasteiger partial charge in [0.25, 0.3) is 0 Å². The molecule has 0 radical (unpaired) electrons. The maximum Gasteiger partial charge on any atom is 0.240 e. The van der Waals surface area contributed by atoms with E-state index < -0.39 is 10.0 Å². The first-order valence-corrected chi connectivity index (χ1v) is 8.97. The Balaban J connectivity index is 2.76. The number of nitrogens with one attached hydrogen (secondary N) is 2. The standard InChI is InChI=1S/C16H28N2O2S/c1-6-11-17-12-14-7-9-15(10-8-14)21(19,20)18-13(2)16(3,4)5/h7-10,13,17-18H,6,11-12H2,1-5H3. The highest BCUT2D eigenvalue weighted by molar-refractivity contribution is 7.89. The van der Waals surface area contributed by atoms with Crippen molar-refractivity contribution in [2.75, 3.05) is 6.54 Å². The Morgan fingerprint density at radius 1 is 1.14 bits per heavy atom. The van der Waals surface area contributed by atoms with Gasteiger partial charge in [0.2, 0.25) is 10.0 Å². The van der Waals surface area contributed by atoms with Crippen LogP contribution >= 0.6 is 0 Å². The van der Waals surface area contributed by atoms with Gasteiger partial charge in [-0.15, -0.1) is 0 Å². The molecule has 0 aromatic heterocycles. The summed E-state index contributed by atoms with van der Waals surface area (Å²) in [6.07, 6.45) is 1.08. The van der Waals surface area contributed by atoms with Crippen LogP contribution in [0.4, 0.5) is 0 Å². The molecule has 0 saturated carbocycles. The van der Waals surface area contributed by atoms with Gasteiger partial charge in [-0.3, -0.25) is 0 Å². The minimum Gasteiger partial charge on any atom is -0.313 e. The Bertz CT molecular complexity index is 530. The van der Waals surface area contributed by atoms with Crippen LogP contribution in [0.3, 0.4) is 0 Å².